The maximum atomic E-state index is 11.4. The Labute approximate surface area is 90.2 Å². The second kappa shape index (κ2) is 5.70. The standard InChI is InChI=1S/C10H19N3O2/c1-8-5-3-4-6-13(8)7-9(14)12-10(15)11-2/h8H,3-7H2,1-2H3,(H2,11,12,14,15)/t8-/m1/s1. The zero-order chi connectivity index (χ0) is 11.3. The van der Waals surface area contributed by atoms with Crippen LogP contribution in [0.2, 0.25) is 0 Å². The van der Waals surface area contributed by atoms with E-state index in [2.05, 4.69) is 22.5 Å². The van der Waals surface area contributed by atoms with E-state index in [1.807, 2.05) is 0 Å². The van der Waals surface area contributed by atoms with Crippen molar-refractivity contribution in [1.82, 2.24) is 15.5 Å². The Hall–Kier alpha value is -1.10. The van der Waals surface area contributed by atoms with Gasteiger partial charge in [-0.3, -0.25) is 15.0 Å². The summed E-state index contributed by atoms with van der Waals surface area (Å²) < 4.78 is 0. The second-order valence-corrected chi connectivity index (χ2v) is 3.94. The predicted molar refractivity (Wildman–Crippen MR) is 57.5 cm³/mol. The summed E-state index contributed by atoms with van der Waals surface area (Å²) in [5.41, 5.74) is 0. The van der Waals surface area contributed by atoms with E-state index in [9.17, 15) is 9.59 Å². The SMILES string of the molecule is CNC(=O)NC(=O)CN1CCCC[C@H]1C. The fraction of sp³-hybridized carbons (Fsp3) is 0.800. The van der Waals surface area contributed by atoms with Crippen molar-refractivity contribution in [1.29, 1.82) is 0 Å². The Morgan fingerprint density at radius 3 is 2.73 bits per heavy atom. The van der Waals surface area contributed by atoms with Crippen molar-refractivity contribution in [2.45, 2.75) is 32.2 Å². The van der Waals surface area contributed by atoms with E-state index in [0.29, 0.717) is 12.6 Å². The average Bonchev–Trinajstić information content (AvgIpc) is 2.21. The molecule has 3 amide bonds. The van der Waals surface area contributed by atoms with Crippen LogP contribution < -0.4 is 10.6 Å². The smallest absolute Gasteiger partial charge is 0.321 e. The molecule has 0 saturated carbocycles. The molecule has 0 spiro atoms. The third-order valence-electron chi connectivity index (χ3n) is 2.77. The van der Waals surface area contributed by atoms with E-state index in [0.717, 1.165) is 19.4 Å². The van der Waals surface area contributed by atoms with E-state index >= 15 is 0 Å². The second-order valence-electron chi connectivity index (χ2n) is 3.94. The molecule has 1 saturated heterocycles. The van der Waals surface area contributed by atoms with Gasteiger partial charge in [0.2, 0.25) is 5.91 Å². The van der Waals surface area contributed by atoms with E-state index in [4.69, 9.17) is 0 Å². The lowest BCUT2D eigenvalue weighted by atomic mass is 10.0. The summed E-state index contributed by atoms with van der Waals surface area (Å²) in [4.78, 5) is 24.4. The highest BCUT2D eigenvalue weighted by Crippen LogP contribution is 2.15. The first-order valence-electron chi connectivity index (χ1n) is 5.39. The fourth-order valence-electron chi connectivity index (χ4n) is 1.81. The Kier molecular flexibility index (Phi) is 4.55. The van der Waals surface area contributed by atoms with E-state index in [-0.39, 0.29) is 5.91 Å². The molecule has 1 heterocycles. The van der Waals surface area contributed by atoms with E-state index < -0.39 is 6.03 Å². The molecule has 1 fully saturated rings. The normalized spacial score (nSPS) is 22.1. The Balaban J connectivity index is 2.33. The van der Waals surface area contributed by atoms with Gasteiger partial charge in [0.25, 0.3) is 0 Å². The summed E-state index contributed by atoms with van der Waals surface area (Å²) in [6.45, 7) is 3.38. The average molecular weight is 213 g/mol. The van der Waals surface area contributed by atoms with Crippen molar-refractivity contribution >= 4 is 11.9 Å². The highest BCUT2D eigenvalue weighted by Gasteiger charge is 2.20. The molecule has 0 aliphatic carbocycles. The van der Waals surface area contributed by atoms with Gasteiger partial charge >= 0.3 is 6.03 Å². The number of carbonyl (C=O) groups excluding carboxylic acids is 2. The van der Waals surface area contributed by atoms with Crippen molar-refractivity contribution in [3.8, 4) is 0 Å². The molecule has 0 aromatic rings. The maximum absolute atomic E-state index is 11.4. The molecule has 1 aliphatic heterocycles. The summed E-state index contributed by atoms with van der Waals surface area (Å²) in [5.74, 6) is -0.233. The summed E-state index contributed by atoms with van der Waals surface area (Å²) in [6.07, 6.45) is 3.50. The molecule has 5 heteroatoms. The number of hydrogen-bond donors (Lipinski definition) is 2. The zero-order valence-corrected chi connectivity index (χ0v) is 9.38. The fourth-order valence-corrected chi connectivity index (χ4v) is 1.81. The van der Waals surface area contributed by atoms with Gasteiger partial charge in [-0.15, -0.1) is 0 Å². The number of imide groups is 1. The van der Waals surface area contributed by atoms with Crippen molar-refractivity contribution in [2.75, 3.05) is 20.1 Å². The molecule has 0 aromatic carbocycles. The number of hydrogen-bond acceptors (Lipinski definition) is 3. The molecule has 0 aromatic heterocycles. The van der Waals surface area contributed by atoms with Crippen LogP contribution in [0, 0.1) is 0 Å². The number of amides is 3. The van der Waals surface area contributed by atoms with Crippen LogP contribution in [0.15, 0.2) is 0 Å². The summed E-state index contributed by atoms with van der Waals surface area (Å²) in [6, 6.07) is -0.00106. The molecule has 0 bridgehead atoms. The number of piperidine rings is 1. The molecule has 86 valence electrons. The largest absolute Gasteiger partial charge is 0.341 e. The highest BCUT2D eigenvalue weighted by atomic mass is 16.2. The van der Waals surface area contributed by atoms with Crippen LogP contribution in [0.4, 0.5) is 4.79 Å². The third-order valence-corrected chi connectivity index (χ3v) is 2.77. The summed E-state index contributed by atoms with van der Waals surface area (Å²) in [5, 5.41) is 4.62. The minimum Gasteiger partial charge on any atom is -0.341 e. The van der Waals surface area contributed by atoms with Crippen LogP contribution in [0.3, 0.4) is 0 Å². The maximum Gasteiger partial charge on any atom is 0.321 e. The van der Waals surface area contributed by atoms with Crippen LogP contribution in [0.5, 0.6) is 0 Å². The van der Waals surface area contributed by atoms with Gasteiger partial charge in [0.15, 0.2) is 0 Å². The van der Waals surface area contributed by atoms with Crippen LogP contribution in [0.1, 0.15) is 26.2 Å². The van der Waals surface area contributed by atoms with Gasteiger partial charge in [-0.05, 0) is 26.3 Å². The van der Waals surface area contributed by atoms with Crippen molar-refractivity contribution in [3.05, 3.63) is 0 Å². The minimum absolute atomic E-state index is 0.233. The molecule has 15 heavy (non-hydrogen) atoms. The molecule has 0 radical (unpaired) electrons. The monoisotopic (exact) mass is 213 g/mol. The molecule has 2 N–H and O–H groups in total. The quantitative estimate of drug-likeness (QED) is 0.694. The van der Waals surface area contributed by atoms with E-state index in [1.54, 1.807) is 0 Å². The van der Waals surface area contributed by atoms with Gasteiger partial charge in [-0.25, -0.2) is 4.79 Å². The van der Waals surface area contributed by atoms with Gasteiger partial charge in [0, 0.05) is 13.1 Å². The van der Waals surface area contributed by atoms with Gasteiger partial charge in [0.05, 0.1) is 6.54 Å². The lowest BCUT2D eigenvalue weighted by molar-refractivity contribution is -0.121. The molecule has 0 unspecified atom stereocenters. The van der Waals surface area contributed by atoms with Gasteiger partial charge in [0.1, 0.15) is 0 Å². The van der Waals surface area contributed by atoms with Crippen LogP contribution >= 0.6 is 0 Å². The Morgan fingerprint density at radius 2 is 2.13 bits per heavy atom. The topological polar surface area (TPSA) is 61.4 Å². The van der Waals surface area contributed by atoms with Gasteiger partial charge in [-0.1, -0.05) is 6.42 Å². The van der Waals surface area contributed by atoms with Crippen LogP contribution in [0.25, 0.3) is 0 Å². The molecular weight excluding hydrogens is 194 g/mol. The lowest BCUT2D eigenvalue weighted by Gasteiger charge is -2.32. The van der Waals surface area contributed by atoms with Gasteiger partial charge in [-0.2, -0.15) is 0 Å². The molecular formula is C10H19N3O2. The van der Waals surface area contributed by atoms with Crippen molar-refractivity contribution in [2.24, 2.45) is 0 Å². The van der Waals surface area contributed by atoms with Crippen LogP contribution in [-0.2, 0) is 4.79 Å². The van der Waals surface area contributed by atoms with Crippen molar-refractivity contribution < 1.29 is 9.59 Å². The summed E-state index contributed by atoms with van der Waals surface area (Å²) >= 11 is 0. The number of carbonyl (C=O) groups is 2. The van der Waals surface area contributed by atoms with Crippen molar-refractivity contribution in [3.63, 3.8) is 0 Å². The third kappa shape index (κ3) is 3.87. The van der Waals surface area contributed by atoms with E-state index in [1.165, 1.54) is 13.5 Å². The lowest BCUT2D eigenvalue weighted by Crippen LogP contribution is -2.47. The number of likely N-dealkylation sites (tertiary alicyclic amines) is 1. The molecule has 1 rings (SSSR count). The Morgan fingerprint density at radius 1 is 1.40 bits per heavy atom. The highest BCUT2D eigenvalue weighted by molar-refractivity contribution is 5.95. The number of nitrogens with zero attached hydrogens (tertiary/aromatic N) is 1. The summed E-state index contributed by atoms with van der Waals surface area (Å²) in [7, 11) is 1.49. The Bertz CT molecular complexity index is 243. The minimum atomic E-state index is -0.440. The zero-order valence-electron chi connectivity index (χ0n) is 9.38. The number of nitrogens with one attached hydrogen (secondary N) is 2. The first-order valence-corrected chi connectivity index (χ1v) is 5.39. The molecule has 1 atom stereocenters. The van der Waals surface area contributed by atoms with Crippen LogP contribution in [-0.4, -0.2) is 43.0 Å². The first-order chi connectivity index (χ1) is 7.13. The predicted octanol–water partition coefficient (Wildman–Crippen LogP) is 0.316. The van der Waals surface area contributed by atoms with Gasteiger partial charge < -0.3 is 5.32 Å². The number of urea groups is 1. The first kappa shape index (κ1) is 12.0. The number of rotatable bonds is 2. The molecule has 1 aliphatic rings. The molecule has 5 nitrogen and oxygen atoms in total.